The van der Waals surface area contributed by atoms with Crippen LogP contribution in [0.25, 0.3) is 0 Å². The Kier molecular flexibility index (Phi) is 4.20. The van der Waals surface area contributed by atoms with Crippen LogP contribution >= 0.6 is 15.9 Å². The van der Waals surface area contributed by atoms with Crippen molar-refractivity contribution in [3.8, 4) is 5.75 Å². The van der Waals surface area contributed by atoms with Crippen LogP contribution in [0.15, 0.2) is 46.9 Å². The normalized spacial score (nSPS) is 20.7. The predicted octanol–water partition coefficient (Wildman–Crippen LogP) is 5.12. The number of halogens is 1. The minimum Gasteiger partial charge on any atom is -0.496 e. The maximum absolute atomic E-state index is 5.46. The van der Waals surface area contributed by atoms with Crippen LogP contribution in [0.2, 0.25) is 0 Å². The van der Waals surface area contributed by atoms with Gasteiger partial charge in [0.1, 0.15) is 5.75 Å². The Morgan fingerprint density at radius 2 is 1.90 bits per heavy atom. The average molecular weight is 346 g/mol. The van der Waals surface area contributed by atoms with Crippen molar-refractivity contribution in [1.29, 1.82) is 0 Å². The van der Waals surface area contributed by atoms with Crippen LogP contribution in [0.4, 0.5) is 5.69 Å². The molecule has 2 aromatic carbocycles. The molecule has 0 spiro atoms. The smallest absolute Gasteiger partial charge is 0.122 e. The van der Waals surface area contributed by atoms with E-state index in [-0.39, 0.29) is 0 Å². The molecule has 3 heteroatoms. The SMILES string of the molecule is COc1ccccc1C1CC(Nc2cc(C)ccc2Br)C1. The zero-order valence-electron chi connectivity index (χ0n) is 12.4. The highest BCUT2D eigenvalue weighted by molar-refractivity contribution is 9.10. The molecular weight excluding hydrogens is 326 g/mol. The molecule has 2 aromatic rings. The Morgan fingerprint density at radius 3 is 2.67 bits per heavy atom. The average Bonchev–Trinajstić information content (AvgIpc) is 2.46. The Balaban J connectivity index is 1.65. The summed E-state index contributed by atoms with van der Waals surface area (Å²) in [6.07, 6.45) is 2.31. The number of methoxy groups -OCH3 is 1. The van der Waals surface area contributed by atoms with E-state index in [9.17, 15) is 0 Å². The van der Waals surface area contributed by atoms with Crippen LogP contribution in [0.5, 0.6) is 5.75 Å². The van der Waals surface area contributed by atoms with Crippen molar-refractivity contribution >= 4 is 21.6 Å². The lowest BCUT2D eigenvalue weighted by Crippen LogP contribution is -2.34. The van der Waals surface area contributed by atoms with E-state index in [1.807, 2.05) is 12.1 Å². The van der Waals surface area contributed by atoms with Gasteiger partial charge in [-0.05, 0) is 70.9 Å². The number of para-hydroxylation sites is 1. The molecule has 21 heavy (non-hydrogen) atoms. The van der Waals surface area contributed by atoms with Crippen molar-refractivity contribution in [3.05, 3.63) is 58.1 Å². The molecule has 0 unspecified atom stereocenters. The van der Waals surface area contributed by atoms with Crippen molar-refractivity contribution < 1.29 is 4.74 Å². The number of hydrogen-bond acceptors (Lipinski definition) is 2. The van der Waals surface area contributed by atoms with E-state index >= 15 is 0 Å². The number of hydrogen-bond donors (Lipinski definition) is 1. The lowest BCUT2D eigenvalue weighted by atomic mass is 9.75. The van der Waals surface area contributed by atoms with Crippen LogP contribution < -0.4 is 10.1 Å². The molecular formula is C18H20BrNO. The summed E-state index contributed by atoms with van der Waals surface area (Å²) in [4.78, 5) is 0. The van der Waals surface area contributed by atoms with Gasteiger partial charge in [0.2, 0.25) is 0 Å². The topological polar surface area (TPSA) is 21.3 Å². The largest absolute Gasteiger partial charge is 0.496 e. The minimum absolute atomic E-state index is 0.540. The molecule has 0 aliphatic heterocycles. The number of aryl methyl sites for hydroxylation is 1. The van der Waals surface area contributed by atoms with Gasteiger partial charge in [-0.25, -0.2) is 0 Å². The highest BCUT2D eigenvalue weighted by Gasteiger charge is 2.32. The standard InChI is InChI=1S/C18H20BrNO/c1-12-7-8-16(19)17(9-12)20-14-10-13(11-14)15-5-3-4-6-18(15)21-2/h3-9,13-14,20H,10-11H2,1-2H3. The van der Waals surface area contributed by atoms with Gasteiger partial charge in [-0.3, -0.25) is 0 Å². The third-order valence-electron chi connectivity index (χ3n) is 4.20. The molecule has 0 aromatic heterocycles. The van der Waals surface area contributed by atoms with E-state index in [0.717, 1.165) is 23.1 Å². The summed E-state index contributed by atoms with van der Waals surface area (Å²) in [6.45, 7) is 2.12. The van der Waals surface area contributed by atoms with E-state index in [4.69, 9.17) is 4.74 Å². The van der Waals surface area contributed by atoms with Gasteiger partial charge in [-0.2, -0.15) is 0 Å². The first kappa shape index (κ1) is 14.5. The van der Waals surface area contributed by atoms with Gasteiger partial charge in [0.25, 0.3) is 0 Å². The minimum atomic E-state index is 0.540. The van der Waals surface area contributed by atoms with E-state index in [1.165, 1.54) is 16.8 Å². The number of ether oxygens (including phenoxy) is 1. The van der Waals surface area contributed by atoms with E-state index in [2.05, 4.69) is 58.5 Å². The van der Waals surface area contributed by atoms with E-state index < -0.39 is 0 Å². The zero-order valence-corrected chi connectivity index (χ0v) is 14.0. The van der Waals surface area contributed by atoms with Gasteiger partial charge in [-0.15, -0.1) is 0 Å². The Hall–Kier alpha value is -1.48. The Morgan fingerprint density at radius 1 is 1.14 bits per heavy atom. The van der Waals surface area contributed by atoms with Crippen molar-refractivity contribution in [2.24, 2.45) is 0 Å². The molecule has 2 nitrogen and oxygen atoms in total. The first-order valence-electron chi connectivity index (χ1n) is 7.33. The van der Waals surface area contributed by atoms with E-state index in [0.29, 0.717) is 12.0 Å². The number of rotatable bonds is 4. The van der Waals surface area contributed by atoms with Gasteiger partial charge < -0.3 is 10.1 Å². The number of benzene rings is 2. The second-order valence-electron chi connectivity index (χ2n) is 5.73. The molecule has 1 fully saturated rings. The van der Waals surface area contributed by atoms with Crippen molar-refractivity contribution in [3.63, 3.8) is 0 Å². The van der Waals surface area contributed by atoms with Crippen molar-refractivity contribution in [1.82, 2.24) is 0 Å². The van der Waals surface area contributed by atoms with Crippen LogP contribution in [-0.2, 0) is 0 Å². The quantitative estimate of drug-likeness (QED) is 0.829. The Labute approximate surface area is 134 Å². The first-order valence-corrected chi connectivity index (χ1v) is 8.12. The van der Waals surface area contributed by atoms with Gasteiger partial charge in [0.15, 0.2) is 0 Å². The van der Waals surface area contributed by atoms with Gasteiger partial charge >= 0.3 is 0 Å². The summed E-state index contributed by atoms with van der Waals surface area (Å²) < 4.78 is 6.60. The molecule has 0 bridgehead atoms. The number of anilines is 1. The lowest BCUT2D eigenvalue weighted by Gasteiger charge is -2.37. The van der Waals surface area contributed by atoms with Crippen molar-refractivity contribution in [2.45, 2.75) is 31.7 Å². The monoisotopic (exact) mass is 345 g/mol. The summed E-state index contributed by atoms with van der Waals surface area (Å²) in [6, 6.07) is 15.3. The summed E-state index contributed by atoms with van der Waals surface area (Å²) in [5.41, 5.74) is 3.81. The van der Waals surface area contributed by atoms with Gasteiger partial charge in [-0.1, -0.05) is 24.3 Å². The van der Waals surface area contributed by atoms with Gasteiger partial charge in [0.05, 0.1) is 7.11 Å². The fourth-order valence-electron chi connectivity index (χ4n) is 2.96. The summed E-state index contributed by atoms with van der Waals surface area (Å²) in [7, 11) is 1.75. The molecule has 1 saturated carbocycles. The molecule has 0 heterocycles. The molecule has 1 N–H and O–H groups in total. The molecule has 0 atom stereocenters. The second kappa shape index (κ2) is 6.10. The van der Waals surface area contributed by atoms with Crippen LogP contribution in [-0.4, -0.2) is 13.2 Å². The third kappa shape index (κ3) is 3.08. The zero-order chi connectivity index (χ0) is 14.8. The first-order chi connectivity index (χ1) is 10.2. The van der Waals surface area contributed by atoms with Crippen molar-refractivity contribution in [2.75, 3.05) is 12.4 Å². The fourth-order valence-corrected chi connectivity index (χ4v) is 3.32. The molecule has 0 amide bonds. The molecule has 3 rings (SSSR count). The van der Waals surface area contributed by atoms with E-state index in [1.54, 1.807) is 7.11 Å². The maximum atomic E-state index is 5.46. The van der Waals surface area contributed by atoms with Crippen LogP contribution in [0, 0.1) is 6.92 Å². The fraction of sp³-hybridized carbons (Fsp3) is 0.333. The molecule has 110 valence electrons. The summed E-state index contributed by atoms with van der Waals surface area (Å²) in [5, 5.41) is 3.64. The summed E-state index contributed by atoms with van der Waals surface area (Å²) >= 11 is 3.61. The molecule has 0 radical (unpaired) electrons. The highest BCUT2D eigenvalue weighted by atomic mass is 79.9. The lowest BCUT2D eigenvalue weighted by molar-refractivity contribution is 0.349. The van der Waals surface area contributed by atoms with Gasteiger partial charge in [0, 0.05) is 16.2 Å². The number of nitrogens with one attached hydrogen (secondary N) is 1. The highest BCUT2D eigenvalue weighted by Crippen LogP contribution is 2.42. The summed E-state index contributed by atoms with van der Waals surface area (Å²) in [5.74, 6) is 1.61. The van der Waals surface area contributed by atoms with Crippen LogP contribution in [0.3, 0.4) is 0 Å². The molecule has 1 aliphatic rings. The predicted molar refractivity (Wildman–Crippen MR) is 91.3 cm³/mol. The molecule has 1 aliphatic carbocycles. The Bertz CT molecular complexity index is 635. The van der Waals surface area contributed by atoms with Crippen LogP contribution in [0.1, 0.15) is 29.9 Å². The maximum Gasteiger partial charge on any atom is 0.122 e. The third-order valence-corrected chi connectivity index (χ3v) is 4.89. The second-order valence-corrected chi connectivity index (χ2v) is 6.59. The molecule has 0 saturated heterocycles.